The van der Waals surface area contributed by atoms with Crippen molar-refractivity contribution < 1.29 is 14.3 Å². The molecule has 2 unspecified atom stereocenters. The number of carbonyl (C=O) groups excluding carboxylic acids is 2. The largest absolute Gasteiger partial charge is 0.368 e. The van der Waals surface area contributed by atoms with E-state index in [-0.39, 0.29) is 24.0 Å². The first kappa shape index (κ1) is 21.0. The fourth-order valence-corrected chi connectivity index (χ4v) is 4.85. The van der Waals surface area contributed by atoms with Gasteiger partial charge in [0, 0.05) is 37.7 Å². The third-order valence-electron chi connectivity index (χ3n) is 5.80. The van der Waals surface area contributed by atoms with E-state index >= 15 is 0 Å². The van der Waals surface area contributed by atoms with Gasteiger partial charge in [0.25, 0.3) is 5.91 Å². The Bertz CT molecular complexity index is 839. The molecule has 30 heavy (non-hydrogen) atoms. The van der Waals surface area contributed by atoms with Crippen molar-refractivity contribution in [1.29, 1.82) is 0 Å². The number of aryl methyl sites for hydroxylation is 1. The highest BCUT2D eigenvalue weighted by molar-refractivity contribution is 7.10. The van der Waals surface area contributed by atoms with Crippen molar-refractivity contribution in [2.24, 2.45) is 0 Å². The van der Waals surface area contributed by atoms with Crippen molar-refractivity contribution in [2.45, 2.75) is 31.9 Å². The van der Waals surface area contributed by atoms with Crippen molar-refractivity contribution in [3.05, 3.63) is 57.8 Å². The fraction of sp³-hybridized carbons (Fsp3) is 0.478. The van der Waals surface area contributed by atoms with Gasteiger partial charge in [-0.25, -0.2) is 0 Å². The molecule has 4 rings (SSSR count). The van der Waals surface area contributed by atoms with Crippen molar-refractivity contribution in [3.8, 4) is 0 Å². The van der Waals surface area contributed by atoms with Crippen LogP contribution in [0.2, 0.25) is 0 Å². The van der Waals surface area contributed by atoms with E-state index in [9.17, 15) is 9.59 Å². The van der Waals surface area contributed by atoms with Crippen LogP contribution in [0.4, 0.5) is 0 Å². The summed E-state index contributed by atoms with van der Waals surface area (Å²) in [5, 5.41) is 5.25. The molecule has 2 aliphatic rings. The Kier molecular flexibility index (Phi) is 6.82. The third-order valence-corrected chi connectivity index (χ3v) is 6.74. The van der Waals surface area contributed by atoms with Gasteiger partial charge in [-0.1, -0.05) is 35.9 Å². The van der Waals surface area contributed by atoms with Gasteiger partial charge in [0.15, 0.2) is 0 Å². The van der Waals surface area contributed by atoms with E-state index in [2.05, 4.69) is 47.5 Å². The molecule has 2 atom stereocenters. The number of nitrogens with zero attached hydrogens (tertiary/aromatic N) is 2. The Morgan fingerprint density at radius 1 is 1.17 bits per heavy atom. The van der Waals surface area contributed by atoms with Crippen LogP contribution in [-0.4, -0.2) is 67.0 Å². The number of ether oxygens (including phenoxy) is 1. The summed E-state index contributed by atoms with van der Waals surface area (Å²) in [6.45, 7) is 5.81. The maximum Gasteiger partial charge on any atom is 0.251 e. The lowest BCUT2D eigenvalue weighted by molar-refractivity contribution is -0.142. The second-order valence-electron chi connectivity index (χ2n) is 8.03. The minimum absolute atomic E-state index is 0.00729. The number of benzene rings is 1. The lowest BCUT2D eigenvalue weighted by Crippen LogP contribution is -2.53. The highest BCUT2D eigenvalue weighted by Gasteiger charge is 2.30. The summed E-state index contributed by atoms with van der Waals surface area (Å²) in [5.41, 5.74) is 2.29. The maximum atomic E-state index is 12.8. The molecule has 2 amide bonds. The summed E-state index contributed by atoms with van der Waals surface area (Å²) in [6, 6.07) is 12.2. The summed E-state index contributed by atoms with van der Waals surface area (Å²) in [7, 11) is 0. The number of nitrogens with one attached hydrogen (secondary N) is 1. The molecule has 7 heteroatoms. The van der Waals surface area contributed by atoms with Gasteiger partial charge in [-0.2, -0.15) is 0 Å². The van der Waals surface area contributed by atoms with E-state index in [1.165, 1.54) is 5.56 Å². The zero-order valence-corrected chi connectivity index (χ0v) is 18.2. The van der Waals surface area contributed by atoms with Crippen molar-refractivity contribution >= 4 is 23.2 Å². The molecule has 2 aliphatic heterocycles. The molecule has 2 aromatic rings. The lowest BCUT2D eigenvalue weighted by Gasteiger charge is -2.35. The monoisotopic (exact) mass is 427 g/mol. The van der Waals surface area contributed by atoms with Crippen molar-refractivity contribution in [3.63, 3.8) is 0 Å². The Morgan fingerprint density at radius 3 is 2.57 bits per heavy atom. The minimum atomic E-state index is -0.263. The summed E-state index contributed by atoms with van der Waals surface area (Å²) in [4.78, 5) is 30.4. The van der Waals surface area contributed by atoms with Crippen LogP contribution >= 0.6 is 11.3 Å². The smallest absolute Gasteiger partial charge is 0.251 e. The second-order valence-corrected chi connectivity index (χ2v) is 9.01. The standard InChI is InChI=1S/C23H29N3O3S/c1-17-6-8-18(9-7-17)22(20-5-3-15-30-20)24-21(27)16-25-10-12-26(13-11-25)23(28)19-4-2-14-29-19/h3,5-9,15,19,22H,2,4,10-14,16H2,1H3,(H,24,27). The number of carbonyl (C=O) groups is 2. The topological polar surface area (TPSA) is 61.9 Å². The molecule has 0 saturated carbocycles. The number of rotatable bonds is 6. The van der Waals surface area contributed by atoms with E-state index < -0.39 is 0 Å². The third kappa shape index (κ3) is 5.09. The van der Waals surface area contributed by atoms with Gasteiger partial charge in [-0.3, -0.25) is 14.5 Å². The van der Waals surface area contributed by atoms with Gasteiger partial charge in [0.2, 0.25) is 5.91 Å². The molecular weight excluding hydrogens is 398 g/mol. The van der Waals surface area contributed by atoms with Crippen LogP contribution < -0.4 is 5.32 Å². The van der Waals surface area contributed by atoms with Gasteiger partial charge in [0.05, 0.1) is 12.6 Å². The number of amides is 2. The first-order chi connectivity index (χ1) is 14.6. The lowest BCUT2D eigenvalue weighted by atomic mass is 10.0. The molecule has 3 heterocycles. The predicted octanol–water partition coefficient (Wildman–Crippen LogP) is 2.59. The number of piperazine rings is 1. The molecule has 0 bridgehead atoms. The molecule has 0 spiro atoms. The van der Waals surface area contributed by atoms with Crippen molar-refractivity contribution in [2.75, 3.05) is 39.3 Å². The van der Waals surface area contributed by atoms with E-state index in [1.54, 1.807) is 11.3 Å². The summed E-state index contributed by atoms with van der Waals surface area (Å²) in [6.07, 6.45) is 1.52. The molecule has 160 valence electrons. The van der Waals surface area contributed by atoms with Gasteiger partial charge in [0.1, 0.15) is 6.10 Å². The Labute approximate surface area is 181 Å². The summed E-state index contributed by atoms with van der Waals surface area (Å²) < 4.78 is 5.52. The summed E-state index contributed by atoms with van der Waals surface area (Å²) >= 11 is 1.65. The molecule has 1 N–H and O–H groups in total. The van der Waals surface area contributed by atoms with Gasteiger partial charge in [-0.05, 0) is 36.8 Å². The highest BCUT2D eigenvalue weighted by Crippen LogP contribution is 2.26. The van der Waals surface area contributed by atoms with Crippen LogP contribution in [0.5, 0.6) is 0 Å². The molecule has 1 aromatic heterocycles. The van der Waals surface area contributed by atoms with E-state index in [0.29, 0.717) is 39.3 Å². The molecule has 2 saturated heterocycles. The Balaban J connectivity index is 1.32. The zero-order valence-electron chi connectivity index (χ0n) is 17.4. The SMILES string of the molecule is Cc1ccc(C(NC(=O)CN2CCN(C(=O)C3CCCO3)CC2)c2cccs2)cc1. The number of hydrogen-bond donors (Lipinski definition) is 1. The second kappa shape index (κ2) is 9.73. The van der Waals surface area contributed by atoms with E-state index in [1.807, 2.05) is 16.3 Å². The molecule has 6 nitrogen and oxygen atoms in total. The zero-order chi connectivity index (χ0) is 20.9. The van der Waals surface area contributed by atoms with Gasteiger partial charge < -0.3 is 15.0 Å². The van der Waals surface area contributed by atoms with Crippen LogP contribution in [0.1, 0.15) is 34.9 Å². The normalized spacial score (nSPS) is 20.8. The first-order valence-corrected chi connectivity index (χ1v) is 11.5. The quantitative estimate of drug-likeness (QED) is 0.770. The Morgan fingerprint density at radius 2 is 1.93 bits per heavy atom. The number of thiophene rings is 1. The van der Waals surface area contributed by atoms with Gasteiger partial charge >= 0.3 is 0 Å². The van der Waals surface area contributed by atoms with Crippen LogP contribution in [0.3, 0.4) is 0 Å². The number of hydrogen-bond acceptors (Lipinski definition) is 5. The molecular formula is C23H29N3O3S. The van der Waals surface area contributed by atoms with Crippen LogP contribution in [0.25, 0.3) is 0 Å². The maximum absolute atomic E-state index is 12.8. The molecule has 1 aromatic carbocycles. The first-order valence-electron chi connectivity index (χ1n) is 10.6. The molecule has 2 fully saturated rings. The molecule has 0 aliphatic carbocycles. The summed E-state index contributed by atoms with van der Waals surface area (Å²) in [5.74, 6) is 0.113. The van der Waals surface area contributed by atoms with Crippen LogP contribution in [-0.2, 0) is 14.3 Å². The predicted molar refractivity (Wildman–Crippen MR) is 117 cm³/mol. The van der Waals surface area contributed by atoms with Crippen LogP contribution in [0, 0.1) is 6.92 Å². The van der Waals surface area contributed by atoms with Crippen LogP contribution in [0.15, 0.2) is 41.8 Å². The molecule has 0 radical (unpaired) electrons. The van der Waals surface area contributed by atoms with E-state index in [4.69, 9.17) is 4.74 Å². The average molecular weight is 428 g/mol. The highest BCUT2D eigenvalue weighted by atomic mass is 32.1. The van der Waals surface area contributed by atoms with E-state index in [0.717, 1.165) is 23.3 Å². The fourth-order valence-electron chi connectivity index (χ4n) is 4.05. The van der Waals surface area contributed by atoms with Gasteiger partial charge in [-0.15, -0.1) is 11.3 Å². The average Bonchev–Trinajstić information content (AvgIpc) is 3.47. The van der Waals surface area contributed by atoms with Crippen molar-refractivity contribution in [1.82, 2.24) is 15.1 Å². The Hall–Kier alpha value is -2.22. The minimum Gasteiger partial charge on any atom is -0.368 e.